The largest absolute Gasteiger partial charge is 0.360 e. The van der Waals surface area contributed by atoms with Crippen LogP contribution in [0.25, 0.3) is 0 Å². The molecule has 3 aliphatic rings. The maximum absolute atomic E-state index is 11.8. The molecule has 1 aromatic rings. The van der Waals surface area contributed by atoms with Gasteiger partial charge < -0.3 is 0 Å². The normalized spacial score (nSPS) is 26.3. The Morgan fingerprint density at radius 1 is 0.903 bits per heavy atom. The third-order valence-electron chi connectivity index (χ3n) is 5.39. The van der Waals surface area contributed by atoms with Crippen LogP contribution in [-0.4, -0.2) is 72.4 Å². The Morgan fingerprint density at radius 2 is 1.39 bits per heavy atom. The summed E-state index contributed by atoms with van der Waals surface area (Å²) in [6.45, 7) is 4.73. The van der Waals surface area contributed by atoms with Crippen LogP contribution in [0.4, 0.5) is 25.2 Å². The van der Waals surface area contributed by atoms with E-state index in [9.17, 15) is 35.3 Å². The summed E-state index contributed by atoms with van der Waals surface area (Å²) in [5, 5.41) is 16.3. The minimum absolute atomic E-state index is 0.0924. The Balaban J connectivity index is 0.000000339. The number of hydrogen-bond acceptors (Lipinski definition) is 7. The predicted molar refractivity (Wildman–Crippen MR) is 104 cm³/mol. The van der Waals surface area contributed by atoms with Gasteiger partial charge in [-0.1, -0.05) is 9.12 Å². The van der Waals surface area contributed by atoms with Gasteiger partial charge in [-0.25, -0.2) is 4.98 Å². The Bertz CT molecular complexity index is 742. The molecule has 3 saturated heterocycles. The van der Waals surface area contributed by atoms with Gasteiger partial charge in [0.1, 0.15) is 6.33 Å². The summed E-state index contributed by atoms with van der Waals surface area (Å²) < 4.78 is 68.3. The first-order chi connectivity index (χ1) is 14.2. The van der Waals surface area contributed by atoms with Crippen molar-refractivity contribution in [3.8, 4) is 0 Å². The van der Waals surface area contributed by atoms with E-state index >= 15 is 0 Å². The monoisotopic (exact) mass is 499 g/mol. The van der Waals surface area contributed by atoms with Crippen LogP contribution in [-0.2, 0) is 0 Å². The van der Waals surface area contributed by atoms with Gasteiger partial charge in [0.2, 0.25) is 0 Å². The first-order valence-electron chi connectivity index (χ1n) is 9.92. The number of nitro groups is 1. The maximum atomic E-state index is 11.8. The van der Waals surface area contributed by atoms with Crippen LogP contribution in [0.5, 0.6) is 0 Å². The van der Waals surface area contributed by atoms with Crippen molar-refractivity contribution in [3.05, 3.63) is 22.8 Å². The zero-order valence-electron chi connectivity index (χ0n) is 16.6. The molecule has 9 nitrogen and oxygen atoms in total. The summed E-state index contributed by atoms with van der Waals surface area (Å²) in [6.07, 6.45) is 8.86. The molecule has 3 aliphatic heterocycles. The van der Waals surface area contributed by atoms with Crippen LogP contribution in [0.15, 0.2) is 12.7 Å². The zero-order valence-corrected chi connectivity index (χ0v) is 18.4. The average molecular weight is 499 g/mol. The van der Waals surface area contributed by atoms with Crippen molar-refractivity contribution >= 4 is 15.7 Å². The van der Waals surface area contributed by atoms with E-state index in [0.717, 1.165) is 64.8 Å². The standard InChI is InChI=1S/C14H25N7O2P.F6P/c22-21(23)14-6-5-11-19(14)24(17-7-1-2-8-17,18-9-3-4-10-18)20-13-15-12-16-20;1-7(2,3,4,5)6/h12-14H,1-11H2;/q+1;-1. The third kappa shape index (κ3) is 6.22. The molecule has 4 heterocycles. The smallest absolute Gasteiger partial charge is 0.263 e. The third-order valence-corrected chi connectivity index (χ3v) is 9.62. The SMILES string of the molecule is F[P-](F)(F)(F)(F)F.O=[N+]([O-])C1CCCN1[P+](N1CCCC1)(N1CCCC1)n1cncn1. The molecule has 4 rings (SSSR count). The quantitative estimate of drug-likeness (QED) is 0.242. The molecular weight excluding hydrogens is 474 g/mol. The van der Waals surface area contributed by atoms with E-state index in [2.05, 4.69) is 24.1 Å². The Morgan fingerprint density at radius 3 is 1.77 bits per heavy atom. The van der Waals surface area contributed by atoms with E-state index in [4.69, 9.17) is 0 Å². The van der Waals surface area contributed by atoms with E-state index in [1.807, 2.05) is 4.45 Å². The molecule has 0 aliphatic carbocycles. The second-order valence-electron chi connectivity index (χ2n) is 7.70. The molecule has 0 spiro atoms. The van der Waals surface area contributed by atoms with Gasteiger partial charge in [-0.3, -0.25) is 10.1 Å². The molecule has 0 saturated carbocycles. The van der Waals surface area contributed by atoms with Gasteiger partial charge in [0.05, 0.1) is 0 Å². The number of aromatic nitrogens is 3. The Hall–Kier alpha value is -1.14. The van der Waals surface area contributed by atoms with Crippen molar-refractivity contribution in [2.45, 2.75) is 44.7 Å². The summed E-state index contributed by atoms with van der Waals surface area (Å²) in [5.41, 5.74) is 0. The molecule has 180 valence electrons. The molecule has 3 fully saturated rings. The van der Waals surface area contributed by atoms with E-state index in [1.54, 1.807) is 12.7 Å². The fourth-order valence-corrected chi connectivity index (χ4v) is 9.17. The molecule has 1 atom stereocenters. The minimum Gasteiger partial charge on any atom is -0.263 e. The van der Waals surface area contributed by atoms with Crippen LogP contribution in [0.1, 0.15) is 38.5 Å². The molecule has 0 amide bonds. The average Bonchev–Trinajstić information content (AvgIpc) is 3.42. The van der Waals surface area contributed by atoms with Gasteiger partial charge in [0.15, 0.2) is 6.33 Å². The van der Waals surface area contributed by atoms with Gasteiger partial charge in [0.25, 0.3) is 0 Å². The van der Waals surface area contributed by atoms with Gasteiger partial charge in [-0.2, -0.15) is 0 Å². The van der Waals surface area contributed by atoms with Crippen LogP contribution < -0.4 is 0 Å². The van der Waals surface area contributed by atoms with Crippen molar-refractivity contribution in [3.63, 3.8) is 0 Å². The van der Waals surface area contributed by atoms with Gasteiger partial charge in [-0.15, -0.1) is 14.4 Å². The molecule has 1 unspecified atom stereocenters. The summed E-state index contributed by atoms with van der Waals surface area (Å²) >= 11 is 0. The molecular formula is C14H25F6N7O2P2. The van der Waals surface area contributed by atoms with Gasteiger partial charge in [-0.05, 0) is 32.1 Å². The molecule has 17 heteroatoms. The summed E-state index contributed by atoms with van der Waals surface area (Å²) in [7, 11) is -12.9. The van der Waals surface area contributed by atoms with Gasteiger partial charge in [0, 0.05) is 44.1 Å². The van der Waals surface area contributed by atoms with Crippen molar-refractivity contribution in [1.29, 1.82) is 0 Å². The molecule has 0 aromatic carbocycles. The van der Waals surface area contributed by atoms with Crippen LogP contribution in [0.3, 0.4) is 0 Å². The molecule has 1 aromatic heterocycles. The Kier molecular flexibility index (Phi) is 6.34. The van der Waals surface area contributed by atoms with E-state index < -0.39 is 21.8 Å². The molecule has 31 heavy (non-hydrogen) atoms. The fraction of sp³-hybridized carbons (Fsp3) is 0.857. The second kappa shape index (κ2) is 8.02. The summed E-state index contributed by atoms with van der Waals surface area (Å²) in [5.74, 6) is 0. The second-order valence-corrected chi connectivity index (χ2v) is 12.7. The number of rotatable bonds is 5. The fourth-order valence-electron chi connectivity index (χ4n) is 4.42. The van der Waals surface area contributed by atoms with Crippen molar-refractivity contribution < 1.29 is 30.1 Å². The van der Waals surface area contributed by atoms with E-state index in [1.165, 1.54) is 0 Å². The van der Waals surface area contributed by atoms with E-state index in [-0.39, 0.29) is 4.92 Å². The van der Waals surface area contributed by atoms with Crippen molar-refractivity contribution in [2.75, 3.05) is 32.7 Å². The maximum Gasteiger partial charge on any atom is 0.360 e. The Labute approximate surface area is 175 Å². The minimum atomic E-state index is -10.7. The topological polar surface area (TPSA) is 83.6 Å². The predicted octanol–water partition coefficient (Wildman–Crippen LogP) is 5.08. The molecule has 0 radical (unpaired) electrons. The molecule has 0 bridgehead atoms. The van der Waals surface area contributed by atoms with Crippen LogP contribution in [0, 0.1) is 10.1 Å². The summed E-state index contributed by atoms with van der Waals surface area (Å²) in [6, 6.07) is 0. The van der Waals surface area contributed by atoms with Crippen molar-refractivity contribution in [1.82, 2.24) is 28.5 Å². The summed E-state index contributed by atoms with van der Waals surface area (Å²) in [4.78, 5) is 15.9. The van der Waals surface area contributed by atoms with Crippen LogP contribution >= 0.6 is 15.7 Å². The van der Waals surface area contributed by atoms with E-state index in [0.29, 0.717) is 6.42 Å². The first-order valence-corrected chi connectivity index (χ1v) is 13.5. The zero-order chi connectivity index (χ0) is 23.0. The van der Waals surface area contributed by atoms with Gasteiger partial charge >= 0.3 is 47.0 Å². The first kappa shape index (κ1) is 24.5. The number of hydrogen-bond donors (Lipinski definition) is 0. The van der Waals surface area contributed by atoms with Crippen molar-refractivity contribution in [2.24, 2.45) is 0 Å². The van der Waals surface area contributed by atoms with Crippen LogP contribution in [0.2, 0.25) is 0 Å². The molecule has 0 N–H and O–H groups in total. The number of halogens is 6. The number of nitrogens with zero attached hydrogens (tertiary/aromatic N) is 7.